The minimum absolute atomic E-state index is 0.116. The van der Waals surface area contributed by atoms with Crippen molar-refractivity contribution in [3.63, 3.8) is 0 Å². The molecule has 9 rings (SSSR count). The predicted molar refractivity (Wildman–Crippen MR) is 267 cm³/mol. The first-order valence-electron chi connectivity index (χ1n) is 21.1. The van der Waals surface area contributed by atoms with Crippen LogP contribution in [0.2, 0.25) is 0 Å². The number of phenols is 1. The molecule has 0 saturated carbocycles. The highest BCUT2D eigenvalue weighted by atomic mass is 32.2. The number of benzene rings is 8. The lowest BCUT2D eigenvalue weighted by Crippen LogP contribution is -1.99. The zero-order chi connectivity index (χ0) is 49.8. The number of nitrogens with one attached hydrogen (secondary N) is 1. The van der Waals surface area contributed by atoms with Gasteiger partial charge < -0.3 is 10.4 Å². The maximum absolute atomic E-state index is 12.1. The number of azo groups is 3. The van der Waals surface area contributed by atoms with Crippen molar-refractivity contribution >= 4 is 112 Å². The van der Waals surface area contributed by atoms with Crippen LogP contribution < -0.4 is 5.32 Å². The second-order valence-electron chi connectivity index (χ2n) is 15.8. The molecule has 1 heterocycles. The summed E-state index contributed by atoms with van der Waals surface area (Å²) in [7, 11) is -4.61. The lowest BCUT2D eigenvalue weighted by molar-refractivity contribution is -0.432. The van der Waals surface area contributed by atoms with Gasteiger partial charge in [-0.1, -0.05) is 34.3 Å². The van der Waals surface area contributed by atoms with Crippen LogP contribution in [0.25, 0.3) is 38.3 Å². The number of aryl methyl sites for hydroxylation is 4. The first-order chi connectivity index (χ1) is 34.3. The highest BCUT2D eigenvalue weighted by molar-refractivity contribution is 7.95. The van der Waals surface area contributed by atoms with E-state index in [1.165, 1.54) is 16.9 Å². The number of phenolic OH excluding ortho intramolecular Hbond substituents is 1. The van der Waals surface area contributed by atoms with Gasteiger partial charge in [-0.05, 0) is 158 Å². The third kappa shape index (κ3) is 10.8. The quantitative estimate of drug-likeness (QED) is 0.0198. The Morgan fingerprint density at radius 2 is 1.15 bits per heavy atom. The van der Waals surface area contributed by atoms with Crippen molar-refractivity contribution < 1.29 is 47.3 Å². The second-order valence-corrected chi connectivity index (χ2v) is 18.7. The van der Waals surface area contributed by atoms with Gasteiger partial charge >= 0.3 is 0 Å². The smallest absolute Gasteiger partial charge is 0.294 e. The molecule has 0 spiro atoms. The van der Waals surface area contributed by atoms with Gasteiger partial charge in [-0.25, -0.2) is 10.5 Å². The average Bonchev–Trinajstić information content (AvgIpc) is 3.81. The Kier molecular flexibility index (Phi) is 14.2. The molecular weight excluding hydrogens is 973 g/mol. The van der Waals surface area contributed by atoms with Crippen LogP contribution in [0, 0.1) is 27.7 Å². The molecule has 1 aromatic heterocycles. The maximum Gasteiger partial charge on any atom is 0.294 e. The standard InChI is InChI=1S/C48H38N10O10S3/c1-26-19-41(27(2)18-40(26)51-50-32-10-13-34(14-11-32)58-56-39-17-16-37-38(46(39)57-58)24-35(71(62,63)64)25-44(37)69-67-65-60)52-53-42-20-29(4)43(21-28(42)3)54-55-47-45(70-68-66-61)23-30-22-33(12-15-36(30)48(47)59)49-31-8-6-5-7-9-31/h5-25,49,59-61H,1-4H3,(H,62,63,64). The zero-order valence-corrected chi connectivity index (χ0v) is 40.1. The third-order valence-electron chi connectivity index (χ3n) is 11.0. The number of aromatic hydroxyl groups is 1. The van der Waals surface area contributed by atoms with Gasteiger partial charge in [-0.15, -0.1) is 24.0 Å². The van der Waals surface area contributed by atoms with E-state index in [9.17, 15) is 18.1 Å². The monoisotopic (exact) mass is 1010 g/mol. The van der Waals surface area contributed by atoms with Gasteiger partial charge in [0.25, 0.3) is 10.1 Å². The van der Waals surface area contributed by atoms with Gasteiger partial charge in [0.1, 0.15) is 16.7 Å². The molecule has 0 aliphatic rings. The fraction of sp³-hybridized carbons (Fsp3) is 0.0833. The molecule has 23 heteroatoms. The van der Waals surface area contributed by atoms with E-state index in [2.05, 4.69) is 60.6 Å². The molecule has 0 fully saturated rings. The van der Waals surface area contributed by atoms with Crippen molar-refractivity contribution in [3.05, 3.63) is 150 Å². The highest BCUT2D eigenvalue weighted by Gasteiger charge is 2.20. The molecule has 0 aliphatic heterocycles. The number of anilines is 2. The number of nitrogens with zero attached hydrogens (tertiary/aromatic N) is 9. The van der Waals surface area contributed by atoms with E-state index in [0.717, 1.165) is 33.6 Å². The summed E-state index contributed by atoms with van der Waals surface area (Å²) in [5.41, 5.74) is 9.35. The summed E-state index contributed by atoms with van der Waals surface area (Å²) in [5, 5.41) is 78.1. The largest absolute Gasteiger partial charge is 0.505 e. The molecule has 0 aliphatic carbocycles. The first kappa shape index (κ1) is 48.5. The Hall–Kier alpha value is -7.55. The summed E-state index contributed by atoms with van der Waals surface area (Å²) < 4.78 is 43.2. The van der Waals surface area contributed by atoms with Crippen LogP contribution in [-0.2, 0) is 28.9 Å². The summed E-state index contributed by atoms with van der Waals surface area (Å²) in [6, 6.07) is 37.2. The van der Waals surface area contributed by atoms with Crippen LogP contribution >= 0.6 is 24.1 Å². The number of hydrogen-bond donors (Lipinski definition) is 5. The Balaban J connectivity index is 0.897. The lowest BCUT2D eigenvalue weighted by atomic mass is 10.1. The van der Waals surface area contributed by atoms with Crippen LogP contribution in [-0.4, -0.2) is 43.6 Å². The number of para-hydroxylation sites is 1. The van der Waals surface area contributed by atoms with Crippen LogP contribution in [0.1, 0.15) is 22.3 Å². The summed E-state index contributed by atoms with van der Waals surface area (Å²) in [4.78, 5) is 1.56. The van der Waals surface area contributed by atoms with Crippen LogP contribution in [0.5, 0.6) is 5.75 Å². The average molecular weight is 1010 g/mol. The number of rotatable bonds is 16. The number of fused-ring (bicyclic) bond motifs is 4. The lowest BCUT2D eigenvalue weighted by Gasteiger charge is -2.12. The molecule has 0 atom stereocenters. The van der Waals surface area contributed by atoms with Gasteiger partial charge in [0.2, 0.25) is 0 Å². The minimum atomic E-state index is -4.61. The van der Waals surface area contributed by atoms with Crippen LogP contribution in [0.15, 0.2) is 173 Å². The molecule has 5 N–H and O–H groups in total. The molecule has 0 amide bonds. The van der Waals surface area contributed by atoms with Crippen molar-refractivity contribution in [2.45, 2.75) is 42.4 Å². The van der Waals surface area contributed by atoms with E-state index in [4.69, 9.17) is 14.8 Å². The third-order valence-corrected chi connectivity index (χ3v) is 13.1. The topological polar surface area (TPSA) is 269 Å². The van der Waals surface area contributed by atoms with Crippen LogP contribution in [0.4, 0.5) is 45.5 Å². The van der Waals surface area contributed by atoms with Gasteiger partial charge in [-0.3, -0.25) is 4.55 Å². The number of hydrogen-bond acceptors (Lipinski definition) is 20. The van der Waals surface area contributed by atoms with Gasteiger partial charge in [0, 0.05) is 32.4 Å². The summed E-state index contributed by atoms with van der Waals surface area (Å²) in [5.74, 6) is -0.133. The Labute approximate surface area is 412 Å². The Bertz CT molecular complexity index is 3710. The molecule has 9 aromatic rings. The Morgan fingerprint density at radius 1 is 0.577 bits per heavy atom. The van der Waals surface area contributed by atoms with Crippen LogP contribution in [0.3, 0.4) is 0 Å². The summed E-state index contributed by atoms with van der Waals surface area (Å²) >= 11 is 1.22. The normalized spacial score (nSPS) is 12.2. The van der Waals surface area contributed by atoms with Gasteiger partial charge in [0.15, 0.2) is 5.75 Å². The zero-order valence-electron chi connectivity index (χ0n) is 37.6. The molecule has 71 heavy (non-hydrogen) atoms. The van der Waals surface area contributed by atoms with Gasteiger partial charge in [0.05, 0.1) is 68.0 Å². The fourth-order valence-electron chi connectivity index (χ4n) is 7.45. The maximum atomic E-state index is 12.1. The van der Waals surface area contributed by atoms with Crippen molar-refractivity contribution in [3.8, 4) is 11.4 Å². The summed E-state index contributed by atoms with van der Waals surface area (Å²) in [6.07, 6.45) is 0. The molecule has 0 unspecified atom stereocenters. The van der Waals surface area contributed by atoms with Crippen molar-refractivity contribution in [2.75, 3.05) is 5.32 Å². The van der Waals surface area contributed by atoms with E-state index in [1.807, 2.05) is 94.4 Å². The van der Waals surface area contributed by atoms with E-state index in [-0.39, 0.29) is 16.3 Å². The molecular formula is C48H38N10O10S3. The predicted octanol–water partition coefficient (Wildman–Crippen LogP) is 14.8. The minimum Gasteiger partial charge on any atom is -0.505 e. The van der Waals surface area contributed by atoms with E-state index >= 15 is 0 Å². The molecule has 0 radical (unpaired) electrons. The molecule has 20 nitrogen and oxygen atoms in total. The fourth-order valence-corrected chi connectivity index (χ4v) is 9.10. The van der Waals surface area contributed by atoms with E-state index in [1.54, 1.807) is 48.5 Å². The molecule has 8 aromatic carbocycles. The SMILES string of the molecule is Cc1cc(N=Nc2cc(C)c(N=Nc3c(SOOO)cc4cc(Nc5ccccc5)ccc4c3O)cc2C)c(C)cc1N=Nc1ccc(-n2nc3ccc4c(SOOO)cc(S(=O)(=O)O)cc4c3n2)cc1. The van der Waals surface area contributed by atoms with E-state index < -0.39 is 15.0 Å². The first-order valence-corrected chi connectivity index (χ1v) is 24.0. The Morgan fingerprint density at radius 3 is 1.76 bits per heavy atom. The van der Waals surface area contributed by atoms with E-state index in [0.29, 0.717) is 95.7 Å². The number of aromatic nitrogens is 3. The van der Waals surface area contributed by atoms with Gasteiger partial charge in [-0.2, -0.15) is 38.8 Å². The highest BCUT2D eigenvalue weighted by Crippen LogP contribution is 2.45. The summed E-state index contributed by atoms with van der Waals surface area (Å²) in [6.45, 7) is 7.55. The molecule has 0 saturated heterocycles. The molecule has 0 bridgehead atoms. The van der Waals surface area contributed by atoms with Crippen molar-refractivity contribution in [1.82, 2.24) is 15.0 Å². The second kappa shape index (κ2) is 20.8. The molecule has 358 valence electrons. The van der Waals surface area contributed by atoms with Crippen molar-refractivity contribution in [1.29, 1.82) is 0 Å². The van der Waals surface area contributed by atoms with Crippen molar-refractivity contribution in [2.24, 2.45) is 30.7 Å².